The second kappa shape index (κ2) is 9.53. The van der Waals surface area contributed by atoms with Crippen molar-refractivity contribution in [1.29, 1.82) is 0 Å². The van der Waals surface area contributed by atoms with Crippen LogP contribution < -0.4 is 5.32 Å². The summed E-state index contributed by atoms with van der Waals surface area (Å²) in [5.41, 5.74) is 3.06. The van der Waals surface area contributed by atoms with Crippen LogP contribution in [0.1, 0.15) is 55.7 Å². The van der Waals surface area contributed by atoms with Crippen molar-refractivity contribution in [3.05, 3.63) is 35.4 Å². The van der Waals surface area contributed by atoms with Crippen LogP contribution in [0.3, 0.4) is 0 Å². The van der Waals surface area contributed by atoms with Crippen molar-refractivity contribution < 1.29 is 24.5 Å². The molecule has 3 rings (SSSR count). The lowest BCUT2D eigenvalue weighted by Gasteiger charge is -2.36. The van der Waals surface area contributed by atoms with E-state index in [1.54, 1.807) is 0 Å². The molecule has 2 aliphatic carbocycles. The lowest BCUT2D eigenvalue weighted by atomic mass is 9.85. The summed E-state index contributed by atoms with van der Waals surface area (Å²) in [5, 5.41) is 18.7. The molecule has 0 aromatic heterocycles. The van der Waals surface area contributed by atoms with E-state index >= 15 is 0 Å². The van der Waals surface area contributed by atoms with Gasteiger partial charge in [0.15, 0.2) is 0 Å². The Kier molecular flexibility index (Phi) is 7.40. The number of benzene rings is 1. The average molecular weight is 349 g/mol. The highest BCUT2D eigenvalue weighted by atomic mass is 16.5. The second-order valence-corrected chi connectivity index (χ2v) is 6.59. The number of hydrogen-bond donors (Lipinski definition) is 3. The highest BCUT2D eigenvalue weighted by Crippen LogP contribution is 2.32. The van der Waals surface area contributed by atoms with Crippen molar-refractivity contribution in [2.45, 2.75) is 63.1 Å². The molecule has 1 aromatic carbocycles. The Morgan fingerprint density at radius 1 is 1.04 bits per heavy atom. The van der Waals surface area contributed by atoms with Crippen LogP contribution in [0.25, 0.3) is 0 Å². The van der Waals surface area contributed by atoms with Gasteiger partial charge in [-0.2, -0.15) is 0 Å². The van der Waals surface area contributed by atoms with Crippen LogP contribution in [0.5, 0.6) is 0 Å². The van der Waals surface area contributed by atoms with Crippen LogP contribution in [-0.2, 0) is 20.7 Å². The quantitative estimate of drug-likeness (QED) is 0.726. The average Bonchev–Trinajstić information content (AvgIpc) is 2.63. The van der Waals surface area contributed by atoms with E-state index in [1.807, 2.05) is 7.11 Å². The van der Waals surface area contributed by atoms with Crippen LogP contribution in [0, 0.1) is 0 Å². The molecule has 138 valence electrons. The van der Waals surface area contributed by atoms with Gasteiger partial charge in [-0.05, 0) is 43.2 Å². The Bertz CT molecular complexity index is 577. The number of hydrogen-bond acceptors (Lipinski definition) is 4. The molecule has 3 atom stereocenters. The molecule has 0 amide bonds. The van der Waals surface area contributed by atoms with Gasteiger partial charge in [0, 0.05) is 19.2 Å². The van der Waals surface area contributed by atoms with Crippen LogP contribution in [0.15, 0.2) is 24.3 Å². The van der Waals surface area contributed by atoms with Gasteiger partial charge >= 0.3 is 11.9 Å². The van der Waals surface area contributed by atoms with Crippen molar-refractivity contribution in [3.8, 4) is 0 Å². The minimum Gasteiger partial charge on any atom is -0.473 e. The molecule has 1 saturated carbocycles. The van der Waals surface area contributed by atoms with Gasteiger partial charge in [-0.1, -0.05) is 37.1 Å². The molecule has 1 fully saturated rings. The first-order valence-corrected chi connectivity index (χ1v) is 8.85. The zero-order chi connectivity index (χ0) is 18.2. The predicted molar refractivity (Wildman–Crippen MR) is 93.6 cm³/mol. The van der Waals surface area contributed by atoms with Gasteiger partial charge in [-0.15, -0.1) is 0 Å². The predicted octanol–water partition coefficient (Wildman–Crippen LogP) is 2.77. The largest absolute Gasteiger partial charge is 0.473 e. The number of fused-ring (bicyclic) bond motifs is 1. The van der Waals surface area contributed by atoms with Crippen molar-refractivity contribution in [2.24, 2.45) is 0 Å². The van der Waals surface area contributed by atoms with Crippen molar-refractivity contribution in [2.75, 3.05) is 7.11 Å². The molecule has 25 heavy (non-hydrogen) atoms. The zero-order valence-corrected chi connectivity index (χ0v) is 14.6. The molecule has 0 heterocycles. The van der Waals surface area contributed by atoms with E-state index in [9.17, 15) is 0 Å². The Morgan fingerprint density at radius 3 is 2.40 bits per heavy atom. The summed E-state index contributed by atoms with van der Waals surface area (Å²) in [7, 11) is 1.86. The van der Waals surface area contributed by atoms with E-state index < -0.39 is 11.9 Å². The number of aliphatic carboxylic acids is 2. The Labute approximate surface area is 148 Å². The molecule has 1 aromatic rings. The molecule has 0 radical (unpaired) electrons. The van der Waals surface area contributed by atoms with Gasteiger partial charge in [0.2, 0.25) is 0 Å². The van der Waals surface area contributed by atoms with Gasteiger partial charge in [0.1, 0.15) is 0 Å². The first kappa shape index (κ1) is 19.4. The van der Waals surface area contributed by atoms with Crippen molar-refractivity contribution >= 4 is 11.9 Å². The maximum Gasteiger partial charge on any atom is 0.414 e. The van der Waals surface area contributed by atoms with Crippen LogP contribution >= 0.6 is 0 Å². The number of aryl methyl sites for hydroxylation is 1. The monoisotopic (exact) mass is 349 g/mol. The Morgan fingerprint density at radius 2 is 1.72 bits per heavy atom. The van der Waals surface area contributed by atoms with E-state index in [4.69, 9.17) is 24.5 Å². The fourth-order valence-electron chi connectivity index (χ4n) is 3.76. The number of ether oxygens (including phenoxy) is 1. The minimum absolute atomic E-state index is 0.405. The molecule has 0 spiro atoms. The molecule has 3 N–H and O–H groups in total. The molecular weight excluding hydrogens is 322 g/mol. The zero-order valence-electron chi connectivity index (χ0n) is 14.6. The second-order valence-electron chi connectivity index (χ2n) is 6.59. The number of carbonyl (C=O) groups is 2. The third-order valence-corrected chi connectivity index (χ3v) is 4.97. The number of nitrogens with one attached hydrogen (secondary N) is 1. The smallest absolute Gasteiger partial charge is 0.414 e. The first-order chi connectivity index (χ1) is 12.0. The summed E-state index contributed by atoms with van der Waals surface area (Å²) in [6.45, 7) is 0. The fraction of sp³-hybridized carbons (Fsp3) is 0.579. The topological polar surface area (TPSA) is 95.9 Å². The van der Waals surface area contributed by atoms with Crippen LogP contribution in [0.2, 0.25) is 0 Å². The Hall–Kier alpha value is -1.92. The summed E-state index contributed by atoms with van der Waals surface area (Å²) in [6.07, 6.45) is 9.35. The SMILES string of the molecule is COC1CCCCC1NC1CCCc2ccccc21.O=C(O)C(=O)O. The van der Waals surface area contributed by atoms with Gasteiger partial charge in [-0.25, -0.2) is 9.59 Å². The molecule has 0 bridgehead atoms. The van der Waals surface area contributed by atoms with Gasteiger partial charge < -0.3 is 20.3 Å². The summed E-state index contributed by atoms with van der Waals surface area (Å²) in [5.74, 6) is -3.65. The van der Waals surface area contributed by atoms with Crippen molar-refractivity contribution in [3.63, 3.8) is 0 Å². The summed E-state index contributed by atoms with van der Waals surface area (Å²) >= 11 is 0. The number of rotatable bonds is 3. The summed E-state index contributed by atoms with van der Waals surface area (Å²) in [6, 6.07) is 10.0. The normalized spacial score (nSPS) is 25.2. The molecule has 3 unspecified atom stereocenters. The standard InChI is InChI=1S/C17H25NO.C2H2O4/c1-19-17-12-5-4-10-16(17)18-15-11-6-8-13-7-2-3-9-14(13)15;3-1(4)2(5)6/h2-3,7,9,15-18H,4-6,8,10-12H2,1H3;(H,3,4)(H,5,6). The lowest BCUT2D eigenvalue weighted by molar-refractivity contribution is -0.159. The molecule has 2 aliphatic rings. The van der Waals surface area contributed by atoms with E-state index in [-0.39, 0.29) is 0 Å². The summed E-state index contributed by atoms with van der Waals surface area (Å²) in [4.78, 5) is 18.2. The Balaban J connectivity index is 0.000000326. The molecular formula is C19H27NO5. The van der Waals surface area contributed by atoms with Gasteiger partial charge in [0.05, 0.1) is 6.10 Å². The van der Waals surface area contributed by atoms with Crippen LogP contribution in [-0.4, -0.2) is 41.4 Å². The lowest BCUT2D eigenvalue weighted by Crippen LogP contribution is -2.45. The van der Waals surface area contributed by atoms with Crippen LogP contribution in [0.4, 0.5) is 0 Å². The maximum absolute atomic E-state index is 9.10. The minimum atomic E-state index is -1.82. The number of carboxylic acid groups (broad SMARTS) is 2. The van der Waals surface area contributed by atoms with Crippen molar-refractivity contribution in [1.82, 2.24) is 5.32 Å². The highest BCUT2D eigenvalue weighted by molar-refractivity contribution is 6.27. The van der Waals surface area contributed by atoms with E-state index in [0.29, 0.717) is 18.2 Å². The first-order valence-electron chi connectivity index (χ1n) is 8.85. The summed E-state index contributed by atoms with van der Waals surface area (Å²) < 4.78 is 5.67. The van der Waals surface area contributed by atoms with E-state index in [0.717, 1.165) is 0 Å². The highest BCUT2D eigenvalue weighted by Gasteiger charge is 2.29. The number of carboxylic acids is 2. The number of methoxy groups -OCH3 is 1. The molecule has 6 nitrogen and oxygen atoms in total. The molecule has 0 aliphatic heterocycles. The van der Waals surface area contributed by atoms with E-state index in [1.165, 1.54) is 56.1 Å². The van der Waals surface area contributed by atoms with E-state index in [2.05, 4.69) is 29.6 Å². The van der Waals surface area contributed by atoms with Gasteiger partial charge in [-0.3, -0.25) is 0 Å². The maximum atomic E-state index is 9.10. The molecule has 6 heteroatoms. The third-order valence-electron chi connectivity index (χ3n) is 4.97. The molecule has 0 saturated heterocycles. The fourth-order valence-corrected chi connectivity index (χ4v) is 3.76. The third kappa shape index (κ3) is 5.54. The van der Waals surface area contributed by atoms with Gasteiger partial charge in [0.25, 0.3) is 0 Å².